The molecule has 0 saturated heterocycles. The lowest BCUT2D eigenvalue weighted by Crippen LogP contribution is -2.42. The molecular formula is C72H57N5. The molecule has 5 heteroatoms. The molecule has 13 aromatic rings. The Labute approximate surface area is 449 Å². The quantitative estimate of drug-likeness (QED) is 0.152. The molecule has 0 amide bonds. The van der Waals surface area contributed by atoms with Gasteiger partial charge in [0.25, 0.3) is 0 Å². The molecule has 3 heterocycles. The Kier molecular flexibility index (Phi) is 10.5. The number of fused-ring (bicyclic) bond motifs is 8. The van der Waals surface area contributed by atoms with Gasteiger partial charge in [-0.15, -0.1) is 0 Å². The largest absolute Gasteiger partial charge is 0.307 e. The third-order valence-electron chi connectivity index (χ3n) is 17.9. The molecule has 10 aromatic carbocycles. The highest BCUT2D eigenvalue weighted by Gasteiger charge is 2.57. The van der Waals surface area contributed by atoms with Gasteiger partial charge in [0.15, 0.2) is 11.6 Å². The van der Waals surface area contributed by atoms with E-state index in [2.05, 4.69) is 275 Å². The van der Waals surface area contributed by atoms with Crippen LogP contribution in [0.3, 0.4) is 0 Å². The molecule has 14 rings (SSSR count). The number of hydrogen-bond acceptors (Lipinski definition) is 3. The number of rotatable bonds is 8. The maximum atomic E-state index is 5.44. The van der Waals surface area contributed by atoms with Crippen molar-refractivity contribution < 1.29 is 0 Å². The lowest BCUT2D eigenvalue weighted by atomic mass is 9.59. The van der Waals surface area contributed by atoms with Crippen LogP contribution in [0.15, 0.2) is 237 Å². The number of para-hydroxylation sites is 2. The van der Waals surface area contributed by atoms with Gasteiger partial charge in [-0.05, 0) is 96.1 Å². The third-order valence-corrected chi connectivity index (χ3v) is 17.9. The average Bonchev–Trinajstić information content (AvgIpc) is 4.23. The monoisotopic (exact) mass is 991 g/mol. The van der Waals surface area contributed by atoms with Crippen molar-refractivity contribution in [3.05, 3.63) is 248 Å². The molecule has 0 aliphatic heterocycles. The minimum absolute atomic E-state index is 0.00663. The third kappa shape index (κ3) is 7.17. The first-order valence-electron chi connectivity index (χ1n) is 26.8. The second kappa shape index (κ2) is 17.4. The van der Waals surface area contributed by atoms with Gasteiger partial charge in [0.2, 0.25) is 5.95 Å². The summed E-state index contributed by atoms with van der Waals surface area (Å²) < 4.78 is 4.71. The molecule has 0 atom stereocenters. The van der Waals surface area contributed by atoms with Gasteiger partial charge < -0.3 is 4.57 Å². The Balaban J connectivity index is 0.925. The Morgan fingerprint density at radius 2 is 0.701 bits per heavy atom. The van der Waals surface area contributed by atoms with Crippen LogP contribution in [0.25, 0.3) is 123 Å². The van der Waals surface area contributed by atoms with Crippen molar-refractivity contribution >= 4 is 43.6 Å². The van der Waals surface area contributed by atoms with Crippen LogP contribution in [-0.4, -0.2) is 24.1 Å². The summed E-state index contributed by atoms with van der Waals surface area (Å²) in [6.07, 6.45) is 0. The van der Waals surface area contributed by atoms with Gasteiger partial charge >= 0.3 is 0 Å². The van der Waals surface area contributed by atoms with E-state index in [9.17, 15) is 0 Å². The highest BCUT2D eigenvalue weighted by molar-refractivity contribution is 6.23. The maximum Gasteiger partial charge on any atom is 0.238 e. The van der Waals surface area contributed by atoms with E-state index in [0.29, 0.717) is 17.6 Å². The predicted octanol–water partition coefficient (Wildman–Crippen LogP) is 18.7. The van der Waals surface area contributed by atoms with Crippen LogP contribution in [0.4, 0.5) is 0 Å². The van der Waals surface area contributed by atoms with Crippen LogP contribution < -0.4 is 0 Å². The van der Waals surface area contributed by atoms with E-state index in [1.807, 2.05) is 12.1 Å². The summed E-state index contributed by atoms with van der Waals surface area (Å²) in [6.45, 7) is 14.6. The first-order valence-corrected chi connectivity index (χ1v) is 26.8. The Hall–Kier alpha value is -9.19. The molecule has 3 aromatic heterocycles. The SMILES string of the molecule is CC1(C)c2cccc(-c3ccc(-c4ccc(-n5c6ccccc6c6ccc7c8ccccc8n(-c8nc(-c9ccc(-c%10ccccc%10)cc9)nc(-c9ccc(-c%10ccccc%10)cc9)n8)c7c65)cc4)cc3)c2C(C)(C)C1(C)C. The molecule has 0 radical (unpaired) electrons. The molecule has 370 valence electrons. The van der Waals surface area contributed by atoms with Crippen molar-refractivity contribution in [3.63, 3.8) is 0 Å². The number of benzene rings is 10. The molecule has 1 aliphatic rings. The number of hydrogen-bond donors (Lipinski definition) is 0. The van der Waals surface area contributed by atoms with Crippen molar-refractivity contribution in [2.24, 2.45) is 5.41 Å². The van der Waals surface area contributed by atoms with Crippen LogP contribution in [0.5, 0.6) is 0 Å². The fraction of sp³-hybridized carbons (Fsp3) is 0.125. The molecule has 77 heavy (non-hydrogen) atoms. The van der Waals surface area contributed by atoms with Gasteiger partial charge in [0, 0.05) is 38.4 Å². The minimum Gasteiger partial charge on any atom is -0.307 e. The molecular weight excluding hydrogens is 935 g/mol. The second-order valence-electron chi connectivity index (χ2n) is 22.5. The van der Waals surface area contributed by atoms with Crippen molar-refractivity contribution in [1.29, 1.82) is 0 Å². The first kappa shape index (κ1) is 46.3. The second-order valence-corrected chi connectivity index (χ2v) is 22.5. The van der Waals surface area contributed by atoms with Gasteiger partial charge in [-0.1, -0.05) is 254 Å². The van der Waals surface area contributed by atoms with E-state index in [-0.39, 0.29) is 16.2 Å². The zero-order valence-electron chi connectivity index (χ0n) is 44.3. The molecule has 0 unspecified atom stereocenters. The van der Waals surface area contributed by atoms with Crippen LogP contribution >= 0.6 is 0 Å². The van der Waals surface area contributed by atoms with Crippen molar-refractivity contribution in [1.82, 2.24) is 24.1 Å². The molecule has 0 N–H and O–H groups in total. The number of aromatic nitrogens is 5. The predicted molar refractivity (Wildman–Crippen MR) is 321 cm³/mol. The Morgan fingerprint density at radius 1 is 0.299 bits per heavy atom. The zero-order valence-corrected chi connectivity index (χ0v) is 44.3. The van der Waals surface area contributed by atoms with Crippen LogP contribution in [-0.2, 0) is 10.8 Å². The van der Waals surface area contributed by atoms with Gasteiger partial charge in [0.1, 0.15) is 0 Å². The van der Waals surface area contributed by atoms with E-state index in [1.165, 1.54) is 38.8 Å². The van der Waals surface area contributed by atoms with E-state index < -0.39 is 0 Å². The summed E-state index contributed by atoms with van der Waals surface area (Å²) >= 11 is 0. The fourth-order valence-corrected chi connectivity index (χ4v) is 12.6. The lowest BCUT2D eigenvalue weighted by Gasteiger charge is -2.44. The summed E-state index contributed by atoms with van der Waals surface area (Å²) in [7, 11) is 0. The Bertz CT molecular complexity index is 4310. The minimum atomic E-state index is 0.00663. The van der Waals surface area contributed by atoms with Gasteiger partial charge in [0.05, 0.1) is 22.1 Å². The molecule has 0 saturated carbocycles. The highest BCUT2D eigenvalue weighted by atomic mass is 15.2. The summed E-state index contributed by atoms with van der Waals surface area (Å²) in [5.41, 5.74) is 19.8. The van der Waals surface area contributed by atoms with Gasteiger partial charge in [-0.2, -0.15) is 9.97 Å². The summed E-state index contributed by atoms with van der Waals surface area (Å²) in [4.78, 5) is 16.1. The van der Waals surface area contributed by atoms with Gasteiger partial charge in [-0.25, -0.2) is 4.98 Å². The summed E-state index contributed by atoms with van der Waals surface area (Å²) in [6, 6.07) is 85.2. The van der Waals surface area contributed by atoms with Crippen molar-refractivity contribution in [2.75, 3.05) is 0 Å². The summed E-state index contributed by atoms with van der Waals surface area (Å²) in [5.74, 6) is 1.75. The molecule has 0 fully saturated rings. The molecule has 1 aliphatic carbocycles. The van der Waals surface area contributed by atoms with E-state index >= 15 is 0 Å². The lowest BCUT2D eigenvalue weighted by molar-refractivity contribution is 0.125. The fourth-order valence-electron chi connectivity index (χ4n) is 12.6. The molecule has 0 spiro atoms. The van der Waals surface area contributed by atoms with Crippen molar-refractivity contribution in [3.8, 4) is 78.9 Å². The molecule has 0 bridgehead atoms. The van der Waals surface area contributed by atoms with Crippen LogP contribution in [0.1, 0.15) is 52.7 Å². The highest BCUT2D eigenvalue weighted by Crippen LogP contribution is 2.63. The smallest absolute Gasteiger partial charge is 0.238 e. The maximum absolute atomic E-state index is 5.44. The van der Waals surface area contributed by atoms with Crippen LogP contribution in [0.2, 0.25) is 0 Å². The summed E-state index contributed by atoms with van der Waals surface area (Å²) in [5, 5.41) is 4.58. The topological polar surface area (TPSA) is 48.5 Å². The van der Waals surface area contributed by atoms with E-state index in [4.69, 9.17) is 15.0 Å². The van der Waals surface area contributed by atoms with Gasteiger partial charge in [-0.3, -0.25) is 4.57 Å². The first-order chi connectivity index (χ1) is 37.5. The Morgan fingerprint density at radius 3 is 1.21 bits per heavy atom. The van der Waals surface area contributed by atoms with Crippen molar-refractivity contribution in [2.45, 2.75) is 52.4 Å². The normalized spacial score (nSPS) is 14.4. The molecule has 5 nitrogen and oxygen atoms in total. The number of nitrogens with zero attached hydrogens (tertiary/aromatic N) is 5. The standard InChI is InChI=1S/C72H57N5/c1-70(2)61-25-17-24-56(64(61)71(3,4)72(70,5)6)52-34-28-50(29-35-52)51-40-42-55(43-41-51)76-62-26-15-13-22-57(62)59-44-45-60-58-23-14-16-27-63(58)77(66(60)65(59)76)69-74-67(53-36-30-48(31-37-53)46-18-9-7-10-19-46)73-68(75-69)54-38-32-49(33-39-54)47-20-11-8-12-21-47/h7-45H,1-6H3. The van der Waals surface area contributed by atoms with E-state index in [1.54, 1.807) is 0 Å². The average molecular weight is 992 g/mol. The zero-order chi connectivity index (χ0) is 52.2. The van der Waals surface area contributed by atoms with E-state index in [0.717, 1.165) is 77.3 Å². The van der Waals surface area contributed by atoms with Crippen LogP contribution in [0, 0.1) is 5.41 Å².